The van der Waals surface area contributed by atoms with Gasteiger partial charge < -0.3 is 5.32 Å². The van der Waals surface area contributed by atoms with Gasteiger partial charge in [0.05, 0.1) is 17.0 Å². The lowest BCUT2D eigenvalue weighted by molar-refractivity contribution is -0.122. The lowest BCUT2D eigenvalue weighted by atomic mass is 9.69. The third kappa shape index (κ3) is 2.70. The van der Waals surface area contributed by atoms with Crippen molar-refractivity contribution in [3.63, 3.8) is 0 Å². The highest BCUT2D eigenvalue weighted by Crippen LogP contribution is 2.40. The Morgan fingerprint density at radius 1 is 1.30 bits per heavy atom. The van der Waals surface area contributed by atoms with Crippen molar-refractivity contribution in [2.24, 2.45) is 0 Å². The molecule has 4 heteroatoms. The van der Waals surface area contributed by atoms with Crippen LogP contribution in [-0.2, 0) is 16.6 Å². The average Bonchev–Trinajstić information content (AvgIpc) is 2.60. The van der Waals surface area contributed by atoms with Crippen LogP contribution in [0.3, 0.4) is 0 Å². The summed E-state index contributed by atoms with van der Waals surface area (Å²) in [7, 11) is 0. The number of aromatic nitrogens is 1. The van der Waals surface area contributed by atoms with Crippen LogP contribution in [0.2, 0.25) is 0 Å². The number of nitrogens with one attached hydrogen (secondary N) is 1. The Kier molecular flexibility index (Phi) is 4.12. The topological polar surface area (TPSA) is 65.8 Å². The number of unbranched alkanes of at least 4 members (excludes halogenated alkanes) is 1. The number of hydrogen-bond acceptors (Lipinski definition) is 3. The van der Waals surface area contributed by atoms with E-state index in [1.807, 2.05) is 24.3 Å². The van der Waals surface area contributed by atoms with Crippen LogP contribution in [-0.4, -0.2) is 10.9 Å². The van der Waals surface area contributed by atoms with E-state index < -0.39 is 5.41 Å². The molecule has 23 heavy (non-hydrogen) atoms. The molecular weight excluding hydrogens is 286 g/mol. The largest absolute Gasteiger partial charge is 0.325 e. The molecule has 1 unspecified atom stereocenters. The third-order valence-corrected chi connectivity index (χ3v) is 4.60. The van der Waals surface area contributed by atoms with Gasteiger partial charge in [0.25, 0.3) is 0 Å². The molecule has 2 heterocycles. The molecule has 0 saturated carbocycles. The van der Waals surface area contributed by atoms with Gasteiger partial charge in [0.2, 0.25) is 5.91 Å². The number of nitrogens with zero attached hydrogens (tertiary/aromatic N) is 2. The van der Waals surface area contributed by atoms with E-state index in [-0.39, 0.29) is 5.91 Å². The number of nitriles is 1. The first kappa shape index (κ1) is 15.2. The van der Waals surface area contributed by atoms with E-state index >= 15 is 0 Å². The summed E-state index contributed by atoms with van der Waals surface area (Å²) >= 11 is 0. The minimum atomic E-state index is -0.555. The number of anilines is 1. The molecule has 1 N–H and O–H groups in total. The van der Waals surface area contributed by atoms with Crippen molar-refractivity contribution in [3.8, 4) is 6.07 Å². The Labute approximate surface area is 136 Å². The molecule has 2 aromatic rings. The first-order valence-corrected chi connectivity index (χ1v) is 7.94. The van der Waals surface area contributed by atoms with E-state index in [0.717, 1.165) is 36.1 Å². The fourth-order valence-corrected chi connectivity index (χ4v) is 3.29. The average molecular weight is 305 g/mol. The molecule has 1 aliphatic heterocycles. The molecule has 3 rings (SSSR count). The molecule has 0 saturated heterocycles. The summed E-state index contributed by atoms with van der Waals surface area (Å²) in [6, 6.07) is 11.5. The highest BCUT2D eigenvalue weighted by atomic mass is 16.2. The number of rotatable bonds is 4. The van der Waals surface area contributed by atoms with Crippen molar-refractivity contribution in [1.82, 2.24) is 4.98 Å². The Morgan fingerprint density at radius 3 is 2.78 bits per heavy atom. The molecule has 0 radical (unpaired) electrons. The van der Waals surface area contributed by atoms with Gasteiger partial charge >= 0.3 is 0 Å². The van der Waals surface area contributed by atoms with Crippen LogP contribution in [0, 0.1) is 11.3 Å². The lowest BCUT2D eigenvalue weighted by Gasteiger charge is -2.37. The summed E-state index contributed by atoms with van der Waals surface area (Å²) in [5, 5.41) is 12.1. The zero-order valence-corrected chi connectivity index (χ0v) is 13.2. The zero-order valence-electron chi connectivity index (χ0n) is 13.2. The molecule has 116 valence electrons. The SMILES string of the molecule is CCCCC1(c2ccncc2)Cc2ccc(C#N)cc2NC1=O. The van der Waals surface area contributed by atoms with Gasteiger partial charge in [-0.2, -0.15) is 5.26 Å². The van der Waals surface area contributed by atoms with E-state index in [4.69, 9.17) is 5.26 Å². The first-order valence-electron chi connectivity index (χ1n) is 7.94. The van der Waals surface area contributed by atoms with Gasteiger partial charge in [-0.05, 0) is 48.2 Å². The fourth-order valence-electron chi connectivity index (χ4n) is 3.29. The maximum atomic E-state index is 13.0. The smallest absolute Gasteiger partial charge is 0.235 e. The maximum absolute atomic E-state index is 13.0. The fraction of sp³-hybridized carbons (Fsp3) is 0.316. The molecular formula is C19H19N3O. The highest BCUT2D eigenvalue weighted by Gasteiger charge is 2.43. The molecule has 1 atom stereocenters. The van der Waals surface area contributed by atoms with Gasteiger partial charge in [0.1, 0.15) is 0 Å². The van der Waals surface area contributed by atoms with Gasteiger partial charge in [0, 0.05) is 18.1 Å². The van der Waals surface area contributed by atoms with Crippen LogP contribution in [0.25, 0.3) is 0 Å². The summed E-state index contributed by atoms with van der Waals surface area (Å²) in [4.78, 5) is 17.0. The lowest BCUT2D eigenvalue weighted by Crippen LogP contribution is -2.45. The van der Waals surface area contributed by atoms with Crippen LogP contribution in [0.4, 0.5) is 5.69 Å². The number of benzene rings is 1. The van der Waals surface area contributed by atoms with Gasteiger partial charge in [0.15, 0.2) is 0 Å². The second-order valence-electron chi connectivity index (χ2n) is 6.04. The predicted molar refractivity (Wildman–Crippen MR) is 88.9 cm³/mol. The molecule has 4 nitrogen and oxygen atoms in total. The van der Waals surface area contributed by atoms with E-state index in [2.05, 4.69) is 23.3 Å². The second-order valence-corrected chi connectivity index (χ2v) is 6.04. The van der Waals surface area contributed by atoms with E-state index in [1.54, 1.807) is 18.5 Å². The molecule has 0 spiro atoms. The maximum Gasteiger partial charge on any atom is 0.235 e. The van der Waals surface area contributed by atoms with Gasteiger partial charge in [-0.25, -0.2) is 0 Å². The van der Waals surface area contributed by atoms with Crippen LogP contribution in [0.5, 0.6) is 0 Å². The zero-order chi connectivity index (χ0) is 16.3. The molecule has 1 aromatic heterocycles. The Hall–Kier alpha value is -2.67. The van der Waals surface area contributed by atoms with Gasteiger partial charge in [-0.3, -0.25) is 9.78 Å². The molecule has 0 bridgehead atoms. The quantitative estimate of drug-likeness (QED) is 0.939. The highest BCUT2D eigenvalue weighted by molar-refractivity contribution is 6.02. The minimum absolute atomic E-state index is 0.0136. The van der Waals surface area contributed by atoms with Crippen molar-refractivity contribution in [2.75, 3.05) is 5.32 Å². The Bertz CT molecular complexity index is 764. The standard InChI is InChI=1S/C19H19N3O/c1-2-3-8-19(16-6-9-21-10-7-16)12-15-5-4-14(13-20)11-17(15)22-18(19)23/h4-7,9-11H,2-3,8,12H2,1H3,(H,22,23). The molecule has 1 amide bonds. The normalized spacial score (nSPS) is 19.6. The van der Waals surface area contributed by atoms with E-state index in [0.29, 0.717) is 12.0 Å². The van der Waals surface area contributed by atoms with E-state index in [9.17, 15) is 4.79 Å². The summed E-state index contributed by atoms with van der Waals surface area (Å²) in [6.45, 7) is 2.13. The van der Waals surface area contributed by atoms with Crippen LogP contribution in [0.1, 0.15) is 42.9 Å². The van der Waals surface area contributed by atoms with Crippen LogP contribution in [0.15, 0.2) is 42.7 Å². The van der Waals surface area contributed by atoms with Crippen molar-refractivity contribution in [1.29, 1.82) is 5.26 Å². The number of fused-ring (bicyclic) bond motifs is 1. The third-order valence-electron chi connectivity index (χ3n) is 4.60. The van der Waals surface area contributed by atoms with Crippen LogP contribution >= 0.6 is 0 Å². The van der Waals surface area contributed by atoms with Crippen molar-refractivity contribution >= 4 is 11.6 Å². The number of carbonyl (C=O) groups is 1. The number of pyridine rings is 1. The number of amides is 1. The molecule has 0 fully saturated rings. The van der Waals surface area contributed by atoms with Crippen molar-refractivity contribution in [2.45, 2.75) is 38.0 Å². The van der Waals surface area contributed by atoms with Crippen molar-refractivity contribution in [3.05, 3.63) is 59.4 Å². The van der Waals surface area contributed by atoms with Crippen molar-refractivity contribution < 1.29 is 4.79 Å². The Morgan fingerprint density at radius 2 is 2.09 bits per heavy atom. The Balaban J connectivity index is 2.06. The van der Waals surface area contributed by atoms with E-state index in [1.165, 1.54) is 0 Å². The molecule has 1 aromatic carbocycles. The monoisotopic (exact) mass is 305 g/mol. The summed E-state index contributed by atoms with van der Waals surface area (Å²) in [6.07, 6.45) is 6.97. The predicted octanol–water partition coefficient (Wildman–Crippen LogP) is 3.58. The number of carbonyl (C=O) groups excluding carboxylic acids is 1. The van der Waals surface area contributed by atoms with Gasteiger partial charge in [-0.1, -0.05) is 25.8 Å². The molecule has 1 aliphatic rings. The summed E-state index contributed by atoms with van der Waals surface area (Å²) < 4.78 is 0. The minimum Gasteiger partial charge on any atom is -0.325 e. The van der Waals surface area contributed by atoms with Gasteiger partial charge in [-0.15, -0.1) is 0 Å². The molecule has 0 aliphatic carbocycles. The summed E-state index contributed by atoms with van der Waals surface area (Å²) in [5.74, 6) is 0.0136. The first-order chi connectivity index (χ1) is 11.2. The van der Waals surface area contributed by atoms with Crippen LogP contribution < -0.4 is 5.32 Å². The second kappa shape index (κ2) is 6.21. The number of hydrogen-bond donors (Lipinski definition) is 1. The summed E-state index contributed by atoms with van der Waals surface area (Å²) in [5.41, 5.74) is 2.86.